The maximum absolute atomic E-state index is 14.2. The molecule has 158 valence electrons. The molecular formula is C20H20FN3O5S. The number of esters is 1. The van der Waals surface area contributed by atoms with Gasteiger partial charge in [0, 0.05) is 18.7 Å². The van der Waals surface area contributed by atoms with Crippen LogP contribution in [0.3, 0.4) is 0 Å². The summed E-state index contributed by atoms with van der Waals surface area (Å²) in [6, 6.07) is 12.0. The molecule has 3 rings (SSSR count). The Hall–Kier alpha value is -3.11. The zero-order valence-corrected chi connectivity index (χ0v) is 17.2. The maximum Gasteiger partial charge on any atom is 0.341 e. The number of halogens is 1. The van der Waals surface area contributed by atoms with Crippen LogP contribution in [-0.2, 0) is 21.4 Å². The summed E-state index contributed by atoms with van der Waals surface area (Å²) in [5, 5.41) is 7.67. The molecule has 0 amide bonds. The highest BCUT2D eigenvalue weighted by Crippen LogP contribution is 2.21. The third kappa shape index (κ3) is 4.55. The lowest BCUT2D eigenvalue weighted by Crippen LogP contribution is -2.30. The molecule has 3 aromatic rings. The van der Waals surface area contributed by atoms with Crippen LogP contribution in [-0.4, -0.2) is 42.0 Å². The van der Waals surface area contributed by atoms with Crippen molar-refractivity contribution in [1.29, 1.82) is 0 Å². The fraction of sp³-hybridized carbons (Fsp3) is 0.250. The van der Waals surface area contributed by atoms with E-state index in [1.165, 1.54) is 4.31 Å². The van der Waals surface area contributed by atoms with E-state index in [4.69, 9.17) is 9.15 Å². The molecule has 0 radical (unpaired) electrons. The first-order chi connectivity index (χ1) is 14.4. The summed E-state index contributed by atoms with van der Waals surface area (Å²) in [5.74, 6) is -1.66. The number of hydrogen-bond donors (Lipinski definition) is 0. The number of rotatable bonds is 8. The van der Waals surface area contributed by atoms with Gasteiger partial charge in [-0.15, -0.1) is 10.2 Å². The van der Waals surface area contributed by atoms with Crippen molar-refractivity contribution in [3.05, 3.63) is 65.8 Å². The van der Waals surface area contributed by atoms with Gasteiger partial charge in [-0.1, -0.05) is 32.0 Å². The van der Waals surface area contributed by atoms with Crippen LogP contribution < -0.4 is 0 Å². The molecule has 2 aromatic carbocycles. The van der Waals surface area contributed by atoms with Gasteiger partial charge < -0.3 is 9.15 Å². The summed E-state index contributed by atoms with van der Waals surface area (Å²) in [7, 11) is -3.85. The molecule has 1 aromatic heterocycles. The van der Waals surface area contributed by atoms with Gasteiger partial charge in [0.05, 0.1) is 10.5 Å². The molecule has 0 aliphatic carbocycles. The van der Waals surface area contributed by atoms with E-state index in [-0.39, 0.29) is 36.4 Å². The average molecular weight is 433 g/mol. The minimum atomic E-state index is -3.85. The fourth-order valence-electron chi connectivity index (χ4n) is 2.75. The first kappa shape index (κ1) is 21.6. The molecule has 1 heterocycles. The SMILES string of the molecule is CCN(CC)S(=O)(=O)c1ccc(F)c(C(=O)OCc2nnc(-c3ccccc3)o2)c1. The van der Waals surface area contributed by atoms with Gasteiger partial charge in [-0.2, -0.15) is 4.31 Å². The van der Waals surface area contributed by atoms with Crippen LogP contribution in [0, 0.1) is 5.82 Å². The van der Waals surface area contributed by atoms with Gasteiger partial charge in [0.25, 0.3) is 5.89 Å². The van der Waals surface area contributed by atoms with Crippen LogP contribution in [0.4, 0.5) is 4.39 Å². The van der Waals surface area contributed by atoms with E-state index in [9.17, 15) is 17.6 Å². The lowest BCUT2D eigenvalue weighted by molar-refractivity contribution is 0.0433. The number of benzene rings is 2. The number of ether oxygens (including phenoxy) is 1. The van der Waals surface area contributed by atoms with Crippen molar-refractivity contribution in [3.8, 4) is 11.5 Å². The molecule has 0 bridgehead atoms. The predicted molar refractivity (Wildman–Crippen MR) is 105 cm³/mol. The highest BCUT2D eigenvalue weighted by Gasteiger charge is 2.25. The van der Waals surface area contributed by atoms with Gasteiger partial charge in [-0.3, -0.25) is 0 Å². The first-order valence-corrected chi connectivity index (χ1v) is 10.7. The van der Waals surface area contributed by atoms with Gasteiger partial charge in [-0.25, -0.2) is 17.6 Å². The molecule has 0 N–H and O–H groups in total. The number of carbonyl (C=O) groups excluding carboxylic acids is 1. The van der Waals surface area contributed by atoms with E-state index in [1.807, 2.05) is 6.07 Å². The van der Waals surface area contributed by atoms with E-state index in [1.54, 1.807) is 38.1 Å². The normalized spacial score (nSPS) is 11.6. The Labute approximate surface area is 173 Å². The predicted octanol–water partition coefficient (Wildman–Crippen LogP) is 3.26. The first-order valence-electron chi connectivity index (χ1n) is 9.21. The number of aromatic nitrogens is 2. The molecule has 30 heavy (non-hydrogen) atoms. The molecule has 0 saturated heterocycles. The summed E-state index contributed by atoms with van der Waals surface area (Å²) in [5.41, 5.74) is 0.203. The van der Waals surface area contributed by atoms with Crippen molar-refractivity contribution in [2.24, 2.45) is 0 Å². The third-order valence-electron chi connectivity index (χ3n) is 4.32. The maximum atomic E-state index is 14.2. The monoisotopic (exact) mass is 433 g/mol. The molecular weight excluding hydrogens is 413 g/mol. The smallest absolute Gasteiger partial charge is 0.341 e. The van der Waals surface area contributed by atoms with E-state index in [2.05, 4.69) is 10.2 Å². The van der Waals surface area contributed by atoms with Crippen molar-refractivity contribution in [1.82, 2.24) is 14.5 Å². The van der Waals surface area contributed by atoms with Crippen molar-refractivity contribution in [2.45, 2.75) is 25.3 Å². The minimum Gasteiger partial charge on any atom is -0.452 e. The second kappa shape index (κ2) is 9.14. The average Bonchev–Trinajstić information content (AvgIpc) is 3.22. The zero-order chi connectivity index (χ0) is 21.7. The van der Waals surface area contributed by atoms with E-state index >= 15 is 0 Å². The molecule has 8 nitrogen and oxygen atoms in total. The van der Waals surface area contributed by atoms with Crippen LogP contribution in [0.5, 0.6) is 0 Å². The number of sulfonamides is 1. The molecule has 0 spiro atoms. The van der Waals surface area contributed by atoms with Gasteiger partial charge in [0.15, 0.2) is 6.61 Å². The van der Waals surface area contributed by atoms with Crippen LogP contribution >= 0.6 is 0 Å². The van der Waals surface area contributed by atoms with E-state index in [0.717, 1.165) is 18.2 Å². The molecule has 0 aliphatic rings. The van der Waals surface area contributed by atoms with Crippen molar-refractivity contribution < 1.29 is 26.8 Å². The van der Waals surface area contributed by atoms with Crippen molar-refractivity contribution >= 4 is 16.0 Å². The van der Waals surface area contributed by atoms with Gasteiger partial charge in [0.1, 0.15) is 5.82 Å². The van der Waals surface area contributed by atoms with Crippen LogP contribution in [0.1, 0.15) is 30.1 Å². The van der Waals surface area contributed by atoms with E-state index in [0.29, 0.717) is 5.56 Å². The highest BCUT2D eigenvalue weighted by molar-refractivity contribution is 7.89. The molecule has 0 fully saturated rings. The van der Waals surface area contributed by atoms with Gasteiger partial charge in [-0.05, 0) is 30.3 Å². The Balaban J connectivity index is 1.75. The van der Waals surface area contributed by atoms with Crippen LogP contribution in [0.2, 0.25) is 0 Å². The Bertz CT molecular complexity index is 1130. The summed E-state index contributed by atoms with van der Waals surface area (Å²) in [4.78, 5) is 12.2. The van der Waals surface area contributed by atoms with E-state index < -0.39 is 27.4 Å². The largest absolute Gasteiger partial charge is 0.452 e. The summed E-state index contributed by atoms with van der Waals surface area (Å²) >= 11 is 0. The Morgan fingerprint density at radius 2 is 1.80 bits per heavy atom. The number of carbonyl (C=O) groups is 1. The van der Waals surface area contributed by atoms with Gasteiger partial charge in [0.2, 0.25) is 15.9 Å². The number of nitrogens with zero attached hydrogens (tertiary/aromatic N) is 3. The Morgan fingerprint density at radius 3 is 2.47 bits per heavy atom. The zero-order valence-electron chi connectivity index (χ0n) is 16.4. The Kier molecular flexibility index (Phi) is 6.58. The highest BCUT2D eigenvalue weighted by atomic mass is 32.2. The molecule has 10 heteroatoms. The lowest BCUT2D eigenvalue weighted by Gasteiger charge is -2.18. The van der Waals surface area contributed by atoms with Crippen molar-refractivity contribution in [2.75, 3.05) is 13.1 Å². The summed E-state index contributed by atoms with van der Waals surface area (Å²) in [6.45, 7) is 3.49. The molecule has 0 unspecified atom stereocenters. The second-order valence-corrected chi connectivity index (χ2v) is 8.11. The summed E-state index contributed by atoms with van der Waals surface area (Å²) < 4.78 is 51.1. The van der Waals surface area contributed by atoms with Crippen molar-refractivity contribution in [3.63, 3.8) is 0 Å². The minimum absolute atomic E-state index is 0.0227. The summed E-state index contributed by atoms with van der Waals surface area (Å²) in [6.07, 6.45) is 0. The van der Waals surface area contributed by atoms with Gasteiger partial charge >= 0.3 is 5.97 Å². The third-order valence-corrected chi connectivity index (χ3v) is 6.36. The fourth-order valence-corrected chi connectivity index (χ4v) is 4.23. The molecule has 0 aliphatic heterocycles. The standard InChI is InChI=1S/C20H20FN3O5S/c1-3-24(4-2)30(26,27)15-10-11-17(21)16(12-15)20(25)28-13-18-22-23-19(29-18)14-8-6-5-7-9-14/h5-12H,3-4,13H2,1-2H3. The second-order valence-electron chi connectivity index (χ2n) is 6.17. The topological polar surface area (TPSA) is 103 Å². The number of hydrogen-bond acceptors (Lipinski definition) is 7. The molecule has 0 saturated carbocycles. The Morgan fingerprint density at radius 1 is 1.10 bits per heavy atom. The lowest BCUT2D eigenvalue weighted by atomic mass is 10.2. The molecule has 0 atom stereocenters. The quantitative estimate of drug-likeness (QED) is 0.502. The van der Waals surface area contributed by atoms with Crippen LogP contribution in [0.25, 0.3) is 11.5 Å². The van der Waals surface area contributed by atoms with Crippen LogP contribution in [0.15, 0.2) is 57.8 Å².